The van der Waals surface area contributed by atoms with E-state index in [0.29, 0.717) is 5.41 Å². The minimum absolute atomic E-state index is 0.588. The topological polar surface area (TPSA) is 9.23 Å². The normalized spacial score (nSPS) is 38.7. The highest BCUT2D eigenvalue weighted by atomic mass is 16.5. The summed E-state index contributed by atoms with van der Waals surface area (Å²) >= 11 is 0. The largest absolute Gasteiger partial charge is 0.377 e. The van der Waals surface area contributed by atoms with E-state index in [-0.39, 0.29) is 0 Å². The molecule has 4 bridgehead atoms. The smallest absolute Gasteiger partial charge is 0.149 e. The maximum atomic E-state index is 6.19. The first kappa shape index (κ1) is 19.2. The lowest BCUT2D eigenvalue weighted by Crippen LogP contribution is -2.58. The van der Waals surface area contributed by atoms with Gasteiger partial charge in [-0.15, -0.1) is 0 Å². The molecule has 4 atom stereocenters. The monoisotopic (exact) mass is 378 g/mol. The second-order valence-electron chi connectivity index (χ2n) is 11.2. The molecule has 2 saturated heterocycles. The fourth-order valence-corrected chi connectivity index (χ4v) is 8.25. The fourth-order valence-electron chi connectivity index (χ4n) is 8.25. The highest BCUT2D eigenvalue weighted by Crippen LogP contribution is 2.68. The molecule has 2 heteroatoms. The molecule has 0 N–H and O–H groups in total. The molecule has 2 heterocycles. The fraction of sp³-hybridized carbons (Fsp3) is 0.769. The molecule has 1 aromatic rings. The second kappa shape index (κ2) is 7.82. The van der Waals surface area contributed by atoms with Crippen molar-refractivity contribution in [2.45, 2.75) is 95.7 Å². The maximum Gasteiger partial charge on any atom is 0.149 e. The molecule has 1 aromatic carbocycles. The van der Waals surface area contributed by atoms with Gasteiger partial charge >= 0.3 is 0 Å². The number of hydrogen-bond acceptors (Lipinski definition) is 1. The third-order valence-corrected chi connectivity index (χ3v) is 9.76. The predicted molar refractivity (Wildman–Crippen MR) is 119 cm³/mol. The zero-order valence-electron chi connectivity index (χ0n) is 18.1. The molecule has 152 valence electrons. The first-order valence-corrected chi connectivity index (χ1v) is 12.3. The van der Waals surface area contributed by atoms with Crippen molar-refractivity contribution in [3.8, 4) is 0 Å². The van der Waals surface area contributed by atoms with Gasteiger partial charge in [-0.05, 0) is 41.6 Å². The Balaban J connectivity index is 1.26. The Kier molecular flexibility index (Phi) is 5.37. The first-order chi connectivity index (χ1) is 13.6. The van der Waals surface area contributed by atoms with Gasteiger partial charge in [-0.2, -0.15) is 0 Å². The lowest BCUT2D eigenvalue weighted by molar-refractivity contribution is -0.112. The summed E-state index contributed by atoms with van der Waals surface area (Å²) in [6.45, 7) is 7.94. The average molecular weight is 378 g/mol. The highest BCUT2D eigenvalue weighted by Gasteiger charge is 2.60. The van der Waals surface area contributed by atoms with Crippen molar-refractivity contribution in [1.29, 1.82) is 0 Å². The van der Waals surface area contributed by atoms with E-state index in [0.717, 1.165) is 55.1 Å². The zero-order valence-corrected chi connectivity index (χ0v) is 18.1. The van der Waals surface area contributed by atoms with Gasteiger partial charge in [0.1, 0.15) is 6.71 Å². The number of benzene rings is 1. The van der Waals surface area contributed by atoms with Gasteiger partial charge in [-0.1, -0.05) is 107 Å². The molecule has 0 aromatic heterocycles. The number of fused-ring (bicyclic) bond motifs is 5. The van der Waals surface area contributed by atoms with Crippen LogP contribution < -0.4 is 0 Å². The lowest BCUT2D eigenvalue weighted by Gasteiger charge is -2.65. The van der Waals surface area contributed by atoms with Crippen LogP contribution in [0.25, 0.3) is 0 Å². The van der Waals surface area contributed by atoms with Crippen molar-refractivity contribution in [2.75, 3.05) is 6.61 Å². The van der Waals surface area contributed by atoms with Gasteiger partial charge in [0.2, 0.25) is 0 Å². The Hall–Kier alpha value is -0.755. The van der Waals surface area contributed by atoms with Crippen molar-refractivity contribution in [2.24, 2.45) is 23.2 Å². The van der Waals surface area contributed by atoms with E-state index >= 15 is 0 Å². The third-order valence-electron chi connectivity index (χ3n) is 9.76. The molecule has 0 radical (unpaired) electrons. The minimum atomic E-state index is 0.588. The number of rotatable bonds is 6. The van der Waals surface area contributed by atoms with Crippen molar-refractivity contribution in [3.05, 3.63) is 35.9 Å². The van der Waals surface area contributed by atoms with Crippen molar-refractivity contribution >= 4 is 6.71 Å². The third kappa shape index (κ3) is 3.38. The van der Waals surface area contributed by atoms with Crippen molar-refractivity contribution in [3.63, 3.8) is 0 Å². The molecule has 1 nitrogen and oxygen atoms in total. The zero-order chi connectivity index (χ0) is 19.1. The summed E-state index contributed by atoms with van der Waals surface area (Å²) in [6.07, 6.45) is 13.5. The van der Waals surface area contributed by atoms with Crippen LogP contribution in [0.2, 0.25) is 17.5 Å². The number of ether oxygens (including phenoxy) is 1. The molecule has 0 spiro atoms. The van der Waals surface area contributed by atoms with Gasteiger partial charge in [0.15, 0.2) is 0 Å². The SMILES string of the molecule is CC1(C)[C@H]2C[C@@H](B3C4CCCC3CCC4)[C@@H](CCOCc3ccccc3)[C@@H]1C2. The van der Waals surface area contributed by atoms with Crippen LogP contribution in [0, 0.1) is 23.2 Å². The Bertz CT molecular complexity index is 634. The Morgan fingerprint density at radius 2 is 1.64 bits per heavy atom. The average Bonchev–Trinajstić information content (AvgIpc) is 2.71. The summed E-state index contributed by atoms with van der Waals surface area (Å²) < 4.78 is 6.19. The van der Waals surface area contributed by atoms with Crippen LogP contribution in [0.1, 0.15) is 77.2 Å². The van der Waals surface area contributed by atoms with Gasteiger partial charge in [-0.3, -0.25) is 0 Å². The molecule has 0 unspecified atom stereocenters. The van der Waals surface area contributed by atoms with Crippen LogP contribution in [-0.4, -0.2) is 13.3 Å². The quantitative estimate of drug-likeness (QED) is 0.374. The van der Waals surface area contributed by atoms with E-state index in [1.807, 2.05) is 0 Å². The van der Waals surface area contributed by atoms with E-state index < -0.39 is 0 Å². The van der Waals surface area contributed by atoms with E-state index in [4.69, 9.17) is 4.74 Å². The van der Waals surface area contributed by atoms with Gasteiger partial charge < -0.3 is 4.74 Å². The molecule has 5 fully saturated rings. The van der Waals surface area contributed by atoms with Crippen molar-refractivity contribution in [1.82, 2.24) is 0 Å². The van der Waals surface area contributed by atoms with Crippen molar-refractivity contribution < 1.29 is 4.74 Å². The van der Waals surface area contributed by atoms with Crippen LogP contribution in [0.4, 0.5) is 0 Å². The van der Waals surface area contributed by atoms with Crippen LogP contribution in [0.15, 0.2) is 30.3 Å². The minimum Gasteiger partial charge on any atom is -0.377 e. The highest BCUT2D eigenvalue weighted by molar-refractivity contribution is 6.64. The Labute approximate surface area is 173 Å². The van der Waals surface area contributed by atoms with E-state index in [2.05, 4.69) is 44.2 Å². The molecule has 2 aliphatic heterocycles. The van der Waals surface area contributed by atoms with Crippen LogP contribution in [-0.2, 0) is 11.3 Å². The molecular weight excluding hydrogens is 339 g/mol. The standard InChI is InChI=1S/C26H39BO/c1-26(2)20-16-24(26)23(14-15-28-18-19-8-4-3-5-9-19)25(17-20)27-21-10-6-11-22(27)13-7-12-21/h3-5,8-9,20-25H,6-7,10-18H2,1-2H3/t20-,21?,22?,23+,24+,25-/m1/s1. The Morgan fingerprint density at radius 1 is 0.964 bits per heavy atom. The van der Waals surface area contributed by atoms with E-state index in [1.165, 1.54) is 63.4 Å². The summed E-state index contributed by atoms with van der Waals surface area (Å²) in [7, 11) is 0. The predicted octanol–water partition coefficient (Wildman–Crippen LogP) is 7.25. The molecule has 0 amide bonds. The molecule has 3 aliphatic carbocycles. The summed E-state index contributed by atoms with van der Waals surface area (Å²) in [5, 5.41) is 0. The summed E-state index contributed by atoms with van der Waals surface area (Å²) in [4.78, 5) is 0. The van der Waals surface area contributed by atoms with Crippen LogP contribution in [0.3, 0.4) is 0 Å². The second-order valence-corrected chi connectivity index (χ2v) is 11.2. The van der Waals surface area contributed by atoms with E-state index in [9.17, 15) is 0 Å². The Morgan fingerprint density at radius 3 is 2.29 bits per heavy atom. The van der Waals surface area contributed by atoms with Gasteiger partial charge in [0.25, 0.3) is 0 Å². The van der Waals surface area contributed by atoms with Crippen LogP contribution >= 0.6 is 0 Å². The summed E-state index contributed by atoms with van der Waals surface area (Å²) in [6, 6.07) is 10.7. The molecule has 6 rings (SSSR count). The summed E-state index contributed by atoms with van der Waals surface area (Å²) in [5.41, 5.74) is 1.90. The molecule has 28 heavy (non-hydrogen) atoms. The maximum absolute atomic E-state index is 6.19. The van der Waals surface area contributed by atoms with Gasteiger partial charge in [0.05, 0.1) is 6.61 Å². The van der Waals surface area contributed by atoms with E-state index in [1.54, 1.807) is 0 Å². The lowest BCUT2D eigenvalue weighted by atomic mass is 9.18. The molecule has 5 aliphatic rings. The summed E-state index contributed by atoms with van der Waals surface area (Å²) in [5.74, 6) is 6.01. The molecular formula is C26H39BO. The van der Waals surface area contributed by atoms with Gasteiger partial charge in [0, 0.05) is 6.61 Å². The molecule has 3 saturated carbocycles. The van der Waals surface area contributed by atoms with Gasteiger partial charge in [-0.25, -0.2) is 0 Å². The number of hydrogen-bond donors (Lipinski definition) is 0. The van der Waals surface area contributed by atoms with Crippen LogP contribution in [0.5, 0.6) is 0 Å². The first-order valence-electron chi connectivity index (χ1n) is 12.3.